The second-order valence-corrected chi connectivity index (χ2v) is 7.60. The summed E-state index contributed by atoms with van der Waals surface area (Å²) in [6.45, 7) is 2.90. The van der Waals surface area contributed by atoms with E-state index in [1.165, 1.54) is 12.1 Å². The zero-order valence-electron chi connectivity index (χ0n) is 14.4. The van der Waals surface area contributed by atoms with Gasteiger partial charge in [0.15, 0.2) is 5.60 Å². The van der Waals surface area contributed by atoms with Crippen LogP contribution in [0.3, 0.4) is 0 Å². The maximum absolute atomic E-state index is 13.6. The van der Waals surface area contributed by atoms with E-state index in [4.69, 9.17) is 4.74 Å². The fourth-order valence-electron chi connectivity index (χ4n) is 3.86. The normalized spacial score (nSPS) is 24.8. The Bertz CT molecular complexity index is 880. The number of nitrogens with zero attached hydrogens (tertiary/aromatic N) is 1. The fraction of sp³-hybridized carbons (Fsp3) is 0.286. The molecule has 0 radical (unpaired) electrons. The number of halogens is 2. The third kappa shape index (κ3) is 2.61. The molecule has 0 aliphatic carbocycles. The van der Waals surface area contributed by atoms with Gasteiger partial charge in [0.2, 0.25) is 0 Å². The molecule has 2 aromatic carbocycles. The Morgan fingerprint density at radius 1 is 1.27 bits per heavy atom. The van der Waals surface area contributed by atoms with Gasteiger partial charge >= 0.3 is 0 Å². The second-order valence-electron chi connectivity index (χ2n) is 6.74. The largest absolute Gasteiger partial charge is 0.359 e. The third-order valence-corrected chi connectivity index (χ3v) is 5.81. The van der Waals surface area contributed by atoms with Crippen molar-refractivity contribution in [2.75, 3.05) is 11.5 Å². The minimum atomic E-state index is -1.03. The number of amides is 1. The van der Waals surface area contributed by atoms with Gasteiger partial charge in [0.25, 0.3) is 5.91 Å². The van der Waals surface area contributed by atoms with Crippen LogP contribution in [-0.4, -0.2) is 12.5 Å². The van der Waals surface area contributed by atoms with Gasteiger partial charge in [-0.15, -0.1) is 0 Å². The Morgan fingerprint density at radius 2 is 2.04 bits per heavy atom. The van der Waals surface area contributed by atoms with Crippen LogP contribution in [0.15, 0.2) is 59.1 Å². The number of rotatable bonds is 2. The average molecular weight is 416 g/mol. The summed E-state index contributed by atoms with van der Waals surface area (Å²) in [6.07, 6.45) is 4.93. The Morgan fingerprint density at radius 3 is 2.81 bits per heavy atom. The Kier molecular flexibility index (Phi) is 4.45. The molecule has 5 heteroatoms. The first kappa shape index (κ1) is 17.4. The molecule has 3 nitrogen and oxygen atoms in total. The molecule has 0 unspecified atom stereocenters. The van der Waals surface area contributed by atoms with Crippen molar-refractivity contribution in [3.63, 3.8) is 0 Å². The van der Waals surface area contributed by atoms with Gasteiger partial charge in [0.1, 0.15) is 5.82 Å². The number of carbonyl (C=O) groups excluding carboxylic acids is 1. The minimum absolute atomic E-state index is 0.0669. The molecule has 2 aromatic rings. The van der Waals surface area contributed by atoms with Gasteiger partial charge in [-0.2, -0.15) is 0 Å². The fourth-order valence-corrected chi connectivity index (χ4v) is 4.51. The number of benzene rings is 2. The number of hydrogen-bond acceptors (Lipinski definition) is 2. The first-order chi connectivity index (χ1) is 12.5. The van der Waals surface area contributed by atoms with E-state index in [2.05, 4.69) is 28.1 Å². The van der Waals surface area contributed by atoms with E-state index in [1.807, 2.05) is 25.1 Å². The van der Waals surface area contributed by atoms with Gasteiger partial charge in [0, 0.05) is 16.0 Å². The van der Waals surface area contributed by atoms with Crippen LogP contribution >= 0.6 is 15.9 Å². The molecule has 1 amide bonds. The lowest BCUT2D eigenvalue weighted by Crippen LogP contribution is -2.46. The molecule has 134 valence electrons. The number of anilines is 1. The lowest BCUT2D eigenvalue weighted by atomic mass is 9.83. The van der Waals surface area contributed by atoms with Crippen LogP contribution in [-0.2, 0) is 21.7 Å². The highest BCUT2D eigenvalue weighted by Gasteiger charge is 2.56. The van der Waals surface area contributed by atoms with Crippen molar-refractivity contribution in [3.8, 4) is 0 Å². The maximum atomic E-state index is 13.6. The SMILES string of the molecule is C[C@@H]1C=CCCO[C@]12C(=O)N(Cc1ccc(F)cc1)c1cccc(Br)c12. The van der Waals surface area contributed by atoms with Gasteiger partial charge in [-0.1, -0.05) is 53.2 Å². The van der Waals surface area contributed by atoms with E-state index < -0.39 is 5.60 Å². The van der Waals surface area contributed by atoms with Crippen LogP contribution in [0.4, 0.5) is 10.1 Å². The smallest absolute Gasteiger partial charge is 0.264 e. The van der Waals surface area contributed by atoms with Crippen molar-refractivity contribution in [1.82, 2.24) is 0 Å². The van der Waals surface area contributed by atoms with Gasteiger partial charge in [-0.05, 0) is 36.2 Å². The molecule has 4 rings (SSSR count). The number of hydrogen-bond donors (Lipinski definition) is 0. The zero-order valence-corrected chi connectivity index (χ0v) is 16.0. The standard InChI is InChI=1S/C21H19BrFNO2/c1-14-5-2-3-12-26-21(14)19-17(22)6-4-7-18(19)24(20(21)25)13-15-8-10-16(23)11-9-15/h2,4-11,14H,3,12-13H2,1H3/t14-,21-/m1/s1. The Hall–Kier alpha value is -1.98. The molecule has 0 bridgehead atoms. The Labute approximate surface area is 160 Å². The summed E-state index contributed by atoms with van der Waals surface area (Å²) in [5.74, 6) is -0.442. The summed E-state index contributed by atoms with van der Waals surface area (Å²) in [7, 11) is 0. The number of fused-ring (bicyclic) bond motifs is 2. The number of ether oxygens (including phenoxy) is 1. The van der Waals surface area contributed by atoms with E-state index >= 15 is 0 Å². The lowest BCUT2D eigenvalue weighted by molar-refractivity contribution is -0.148. The predicted molar refractivity (Wildman–Crippen MR) is 102 cm³/mol. The van der Waals surface area contributed by atoms with Crippen LogP contribution in [0.1, 0.15) is 24.5 Å². The molecule has 0 fully saturated rings. The topological polar surface area (TPSA) is 29.5 Å². The second kappa shape index (κ2) is 6.63. The van der Waals surface area contributed by atoms with Crippen molar-refractivity contribution < 1.29 is 13.9 Å². The van der Waals surface area contributed by atoms with Crippen molar-refractivity contribution in [2.45, 2.75) is 25.5 Å². The van der Waals surface area contributed by atoms with Crippen LogP contribution in [0.25, 0.3) is 0 Å². The predicted octanol–water partition coefficient (Wildman–Crippen LogP) is 4.94. The molecule has 0 saturated carbocycles. The first-order valence-electron chi connectivity index (χ1n) is 8.70. The van der Waals surface area contributed by atoms with E-state index in [-0.39, 0.29) is 17.6 Å². The van der Waals surface area contributed by atoms with Gasteiger partial charge in [-0.25, -0.2) is 4.39 Å². The van der Waals surface area contributed by atoms with E-state index in [0.717, 1.165) is 27.7 Å². The summed E-state index contributed by atoms with van der Waals surface area (Å²) in [5.41, 5.74) is 1.57. The van der Waals surface area contributed by atoms with Gasteiger partial charge < -0.3 is 9.64 Å². The lowest BCUT2D eigenvalue weighted by Gasteiger charge is -2.32. The van der Waals surface area contributed by atoms with E-state index in [1.54, 1.807) is 17.0 Å². The summed E-state index contributed by atoms with van der Waals surface area (Å²) in [5, 5.41) is 0. The summed E-state index contributed by atoms with van der Waals surface area (Å²) < 4.78 is 20.3. The monoisotopic (exact) mass is 415 g/mol. The highest BCUT2D eigenvalue weighted by molar-refractivity contribution is 9.10. The maximum Gasteiger partial charge on any atom is 0.264 e. The summed E-state index contributed by atoms with van der Waals surface area (Å²) >= 11 is 3.63. The highest BCUT2D eigenvalue weighted by atomic mass is 79.9. The third-order valence-electron chi connectivity index (χ3n) is 5.15. The zero-order chi connectivity index (χ0) is 18.3. The molecule has 1 spiro atoms. The summed E-state index contributed by atoms with van der Waals surface area (Å²) in [6, 6.07) is 12.1. The molecule has 2 atom stereocenters. The van der Waals surface area contributed by atoms with E-state index in [9.17, 15) is 9.18 Å². The average Bonchev–Trinajstić information content (AvgIpc) is 2.75. The molecule has 2 heterocycles. The molecule has 26 heavy (non-hydrogen) atoms. The Balaban J connectivity index is 1.83. The first-order valence-corrected chi connectivity index (χ1v) is 9.49. The number of carbonyl (C=O) groups is 1. The van der Waals surface area contributed by atoms with Crippen molar-refractivity contribution >= 4 is 27.5 Å². The quantitative estimate of drug-likeness (QED) is 0.649. The highest BCUT2D eigenvalue weighted by Crippen LogP contribution is 2.51. The van der Waals surface area contributed by atoms with Crippen molar-refractivity contribution in [2.24, 2.45) is 5.92 Å². The molecule has 0 aromatic heterocycles. The van der Waals surface area contributed by atoms with Crippen LogP contribution in [0.5, 0.6) is 0 Å². The molecular formula is C21H19BrFNO2. The van der Waals surface area contributed by atoms with Crippen molar-refractivity contribution in [3.05, 3.63) is 76.0 Å². The molecule has 0 saturated heterocycles. The molecule has 2 aliphatic heterocycles. The van der Waals surface area contributed by atoms with Gasteiger partial charge in [0.05, 0.1) is 18.8 Å². The molecule has 0 N–H and O–H groups in total. The minimum Gasteiger partial charge on any atom is -0.359 e. The van der Waals surface area contributed by atoms with Crippen LogP contribution in [0.2, 0.25) is 0 Å². The van der Waals surface area contributed by atoms with Crippen molar-refractivity contribution in [1.29, 1.82) is 0 Å². The molecule has 2 aliphatic rings. The van der Waals surface area contributed by atoms with Crippen LogP contribution < -0.4 is 4.90 Å². The summed E-state index contributed by atoms with van der Waals surface area (Å²) in [4.78, 5) is 15.4. The van der Waals surface area contributed by atoms with Crippen LogP contribution in [0, 0.1) is 11.7 Å². The van der Waals surface area contributed by atoms with E-state index in [0.29, 0.717) is 13.2 Å². The van der Waals surface area contributed by atoms with Gasteiger partial charge in [-0.3, -0.25) is 4.79 Å². The molecular weight excluding hydrogens is 397 g/mol.